The molecule has 0 radical (unpaired) electrons. The minimum Gasteiger partial charge on any atom is -0.486 e. The van der Waals surface area contributed by atoms with E-state index in [4.69, 9.17) is 25.8 Å². The monoisotopic (exact) mass is 571 g/mol. The van der Waals surface area contributed by atoms with E-state index in [9.17, 15) is 8.60 Å². The molecule has 0 saturated carbocycles. The Kier molecular flexibility index (Phi) is 7.48. The molecule has 0 aliphatic carbocycles. The summed E-state index contributed by atoms with van der Waals surface area (Å²) >= 11 is 6.18. The Morgan fingerprint density at radius 2 is 2.03 bits per heavy atom. The van der Waals surface area contributed by atoms with Gasteiger partial charge >= 0.3 is 0 Å². The lowest BCUT2D eigenvalue weighted by molar-refractivity contribution is 0.142. The van der Waals surface area contributed by atoms with E-state index in [0.717, 1.165) is 29.1 Å². The molecule has 39 heavy (non-hydrogen) atoms. The first kappa shape index (κ1) is 26.9. The summed E-state index contributed by atoms with van der Waals surface area (Å²) < 4.78 is 47.3. The molecule has 1 aliphatic rings. The molecule has 1 saturated heterocycles. The number of pyridine rings is 1. The number of hydrogen-bond acceptors (Lipinski definition) is 8. The van der Waals surface area contributed by atoms with Crippen molar-refractivity contribution in [2.75, 3.05) is 37.4 Å². The lowest BCUT2D eigenvalue weighted by atomic mass is 10.0. The summed E-state index contributed by atoms with van der Waals surface area (Å²) in [5, 5.41) is 3.80. The number of nitrogens with one attached hydrogen (secondary N) is 2. The Morgan fingerprint density at radius 1 is 1.21 bits per heavy atom. The summed E-state index contributed by atoms with van der Waals surface area (Å²) in [6.45, 7) is 3.04. The van der Waals surface area contributed by atoms with E-state index in [0.29, 0.717) is 41.7 Å². The van der Waals surface area contributed by atoms with Gasteiger partial charge in [-0.15, -0.1) is 0 Å². The average Bonchev–Trinajstić information content (AvgIpc) is 3.41. The lowest BCUT2D eigenvalue weighted by Crippen LogP contribution is -2.16. The van der Waals surface area contributed by atoms with Crippen LogP contribution in [-0.4, -0.2) is 58.5 Å². The van der Waals surface area contributed by atoms with Gasteiger partial charge in [0.1, 0.15) is 28.9 Å². The van der Waals surface area contributed by atoms with Gasteiger partial charge in [-0.3, -0.25) is 0 Å². The molecule has 0 amide bonds. The molecule has 5 rings (SSSR count). The van der Waals surface area contributed by atoms with E-state index in [1.807, 2.05) is 19.1 Å². The molecule has 204 valence electrons. The van der Waals surface area contributed by atoms with Crippen molar-refractivity contribution in [3.63, 3.8) is 0 Å². The molecule has 12 heteroatoms. The summed E-state index contributed by atoms with van der Waals surface area (Å²) in [7, 11) is 0.0151. The van der Waals surface area contributed by atoms with Crippen LogP contribution in [0, 0.1) is 12.7 Å². The number of nitrogens with zero attached hydrogens (tertiary/aromatic N) is 3. The summed E-state index contributed by atoms with van der Waals surface area (Å²) in [6, 6.07) is 9.19. The molecular formula is C27H27ClFN5O4S. The minimum absolute atomic E-state index is 0.00536. The van der Waals surface area contributed by atoms with Gasteiger partial charge in [0.05, 0.1) is 45.6 Å². The Balaban J connectivity index is 1.60. The number of hydrogen-bond donors (Lipinski definition) is 2. The SMILES string of the molecule is C=S(=O)(Nc1cc(-c2cc(O[C@@H]3CCOC3)c3nc(NC)nc(C)c3c2)cnc1OC)c1ccc(F)cc1Cl. The number of fused-ring (bicyclic) bond motifs is 1. The largest absolute Gasteiger partial charge is 0.486 e. The number of ether oxygens (including phenoxy) is 3. The fraction of sp³-hybridized carbons (Fsp3) is 0.259. The summed E-state index contributed by atoms with van der Waals surface area (Å²) in [5.74, 6) is 4.55. The van der Waals surface area contributed by atoms with Gasteiger partial charge in [0.15, 0.2) is 0 Å². The highest BCUT2D eigenvalue weighted by atomic mass is 35.5. The quantitative estimate of drug-likeness (QED) is 0.281. The molecule has 0 bridgehead atoms. The molecule has 4 aromatic rings. The Hall–Kier alpha value is -3.67. The van der Waals surface area contributed by atoms with Gasteiger partial charge in [-0.2, -0.15) is 0 Å². The highest BCUT2D eigenvalue weighted by Gasteiger charge is 2.22. The number of halogens is 2. The minimum atomic E-state index is -3.20. The zero-order valence-electron chi connectivity index (χ0n) is 21.6. The molecule has 2 atom stereocenters. The van der Waals surface area contributed by atoms with Gasteiger partial charge in [-0.05, 0) is 54.8 Å². The molecule has 9 nitrogen and oxygen atoms in total. The zero-order valence-corrected chi connectivity index (χ0v) is 23.2. The summed E-state index contributed by atoms with van der Waals surface area (Å²) in [5.41, 5.74) is 3.22. The maximum Gasteiger partial charge on any atom is 0.238 e. The average molecular weight is 572 g/mol. The number of aryl methyl sites for hydroxylation is 1. The third kappa shape index (κ3) is 5.56. The predicted octanol–water partition coefficient (Wildman–Crippen LogP) is 5.11. The first-order chi connectivity index (χ1) is 18.7. The highest BCUT2D eigenvalue weighted by molar-refractivity contribution is 8.01. The van der Waals surface area contributed by atoms with Crippen molar-refractivity contribution in [3.8, 4) is 22.8 Å². The molecule has 2 aromatic carbocycles. The molecule has 2 aromatic heterocycles. The van der Waals surface area contributed by atoms with Crippen LogP contribution < -0.4 is 19.5 Å². The maximum atomic E-state index is 13.6. The van der Waals surface area contributed by atoms with Crippen LogP contribution in [0.2, 0.25) is 5.02 Å². The fourth-order valence-electron chi connectivity index (χ4n) is 4.32. The summed E-state index contributed by atoms with van der Waals surface area (Å²) in [4.78, 5) is 13.8. The van der Waals surface area contributed by atoms with Crippen molar-refractivity contribution in [2.24, 2.45) is 0 Å². The van der Waals surface area contributed by atoms with Crippen LogP contribution in [0.1, 0.15) is 12.1 Å². The normalized spacial score (nSPS) is 16.6. The molecule has 1 unspecified atom stereocenters. The number of aromatic nitrogens is 3. The topological polar surface area (TPSA) is 107 Å². The van der Waals surface area contributed by atoms with Crippen molar-refractivity contribution >= 4 is 49.7 Å². The highest BCUT2D eigenvalue weighted by Crippen LogP contribution is 2.37. The van der Waals surface area contributed by atoms with Crippen molar-refractivity contribution < 1.29 is 22.8 Å². The second kappa shape index (κ2) is 10.8. The van der Waals surface area contributed by atoms with Crippen LogP contribution in [0.3, 0.4) is 0 Å². The Bertz CT molecular complexity index is 1660. The van der Waals surface area contributed by atoms with Crippen LogP contribution in [0.4, 0.5) is 16.0 Å². The van der Waals surface area contributed by atoms with Crippen molar-refractivity contribution in [3.05, 3.63) is 59.1 Å². The lowest BCUT2D eigenvalue weighted by Gasteiger charge is -2.18. The van der Waals surface area contributed by atoms with E-state index >= 15 is 0 Å². The maximum absolute atomic E-state index is 13.6. The van der Waals surface area contributed by atoms with Crippen molar-refractivity contribution in [1.29, 1.82) is 0 Å². The van der Waals surface area contributed by atoms with Gasteiger partial charge in [0, 0.05) is 30.6 Å². The third-order valence-corrected chi connectivity index (χ3v) is 8.30. The van der Waals surface area contributed by atoms with Gasteiger partial charge in [0.25, 0.3) is 0 Å². The Labute approximate surface area is 230 Å². The second-order valence-electron chi connectivity index (χ2n) is 8.99. The summed E-state index contributed by atoms with van der Waals surface area (Å²) in [6.07, 6.45) is 2.32. The first-order valence-electron chi connectivity index (χ1n) is 12.1. The van der Waals surface area contributed by atoms with Crippen LogP contribution in [0.15, 0.2) is 47.5 Å². The molecule has 1 fully saturated rings. The van der Waals surface area contributed by atoms with Crippen molar-refractivity contribution in [1.82, 2.24) is 15.0 Å². The first-order valence-corrected chi connectivity index (χ1v) is 14.2. The fourth-order valence-corrected chi connectivity index (χ4v) is 6.14. The van der Waals surface area contributed by atoms with E-state index in [-0.39, 0.29) is 21.9 Å². The Morgan fingerprint density at radius 3 is 2.72 bits per heavy atom. The number of benzene rings is 2. The van der Waals surface area contributed by atoms with Crippen molar-refractivity contribution in [2.45, 2.75) is 24.3 Å². The number of methoxy groups -OCH3 is 1. The molecular weight excluding hydrogens is 545 g/mol. The van der Waals surface area contributed by atoms with E-state index < -0.39 is 15.5 Å². The van der Waals surface area contributed by atoms with Gasteiger partial charge in [-0.1, -0.05) is 11.6 Å². The van der Waals surface area contributed by atoms with Crippen LogP contribution >= 0.6 is 11.6 Å². The number of anilines is 2. The molecule has 2 N–H and O–H groups in total. The van der Waals surface area contributed by atoms with E-state index in [1.165, 1.54) is 19.2 Å². The van der Waals surface area contributed by atoms with Crippen LogP contribution in [0.5, 0.6) is 11.6 Å². The molecule has 3 heterocycles. The van der Waals surface area contributed by atoms with Gasteiger partial charge in [0.2, 0.25) is 11.8 Å². The van der Waals surface area contributed by atoms with Crippen LogP contribution in [0.25, 0.3) is 22.0 Å². The molecule has 0 spiro atoms. The van der Waals surface area contributed by atoms with Crippen LogP contribution in [-0.2, 0) is 14.4 Å². The number of rotatable bonds is 8. The third-order valence-electron chi connectivity index (χ3n) is 6.26. The van der Waals surface area contributed by atoms with E-state index in [1.54, 1.807) is 19.3 Å². The van der Waals surface area contributed by atoms with Gasteiger partial charge in [-0.25, -0.2) is 23.6 Å². The van der Waals surface area contributed by atoms with E-state index in [2.05, 4.69) is 30.9 Å². The standard InChI is InChI=1S/C27H27ClFN5O4S/c1-15-20-9-16(11-23(38-19-7-8-37-14-19)25(20)33-27(30-2)32-15)17-10-22(26(36-3)31-13-17)34-39(4,35)24-6-5-18(29)12-21(24)28/h5-6,9-13,19H,4,7-8,14H2,1-3H3,(H,34,35)(H,30,32,33)/t19-,39?/m1/s1. The smallest absolute Gasteiger partial charge is 0.238 e. The zero-order chi connectivity index (χ0) is 27.7. The molecule has 1 aliphatic heterocycles. The van der Waals surface area contributed by atoms with Gasteiger partial charge < -0.3 is 24.2 Å². The predicted molar refractivity (Wildman–Crippen MR) is 152 cm³/mol. The second-order valence-corrected chi connectivity index (χ2v) is 11.4.